The maximum atomic E-state index is 5.69. The van der Waals surface area contributed by atoms with Crippen LogP contribution in [0.1, 0.15) is 39.0 Å². The van der Waals surface area contributed by atoms with Gasteiger partial charge in [0.05, 0.1) is 6.61 Å². The minimum absolute atomic E-state index is 0.742. The van der Waals surface area contributed by atoms with Gasteiger partial charge in [-0.05, 0) is 45.1 Å². The van der Waals surface area contributed by atoms with Crippen LogP contribution >= 0.6 is 11.6 Å². The number of methoxy groups -OCH3 is 1. The van der Waals surface area contributed by atoms with Crippen LogP contribution in [0.4, 0.5) is 0 Å². The first-order chi connectivity index (χ1) is 7.79. The highest BCUT2D eigenvalue weighted by Crippen LogP contribution is 2.35. The van der Waals surface area contributed by atoms with Crippen molar-refractivity contribution < 1.29 is 4.74 Å². The number of nitrogens with zero attached hydrogens (tertiary/aromatic N) is 1. The molecule has 3 heteroatoms. The van der Waals surface area contributed by atoms with Gasteiger partial charge in [-0.15, -0.1) is 11.6 Å². The normalized spacial score (nSPS) is 18.0. The van der Waals surface area contributed by atoms with Crippen molar-refractivity contribution in [1.82, 2.24) is 4.90 Å². The first-order valence-corrected chi connectivity index (χ1v) is 7.12. The van der Waals surface area contributed by atoms with Crippen LogP contribution in [-0.4, -0.2) is 43.6 Å². The Labute approximate surface area is 105 Å². The molecule has 16 heavy (non-hydrogen) atoms. The molecule has 0 aliphatic heterocycles. The van der Waals surface area contributed by atoms with Gasteiger partial charge < -0.3 is 4.74 Å². The number of hydrogen-bond donors (Lipinski definition) is 0. The fourth-order valence-electron chi connectivity index (χ4n) is 2.19. The summed E-state index contributed by atoms with van der Waals surface area (Å²) in [7, 11) is 1.79. The quantitative estimate of drug-likeness (QED) is 0.434. The molecule has 0 aromatic heterocycles. The van der Waals surface area contributed by atoms with Crippen LogP contribution in [-0.2, 0) is 4.74 Å². The number of hydrogen-bond acceptors (Lipinski definition) is 2. The maximum absolute atomic E-state index is 5.69. The van der Waals surface area contributed by atoms with E-state index in [1.54, 1.807) is 7.11 Å². The van der Waals surface area contributed by atoms with Gasteiger partial charge in [-0.25, -0.2) is 0 Å². The zero-order valence-electron chi connectivity index (χ0n) is 10.8. The molecule has 1 aliphatic rings. The summed E-state index contributed by atoms with van der Waals surface area (Å²) in [6, 6.07) is 0.742. The molecular weight excluding hydrogens is 222 g/mol. The lowest BCUT2D eigenvalue weighted by atomic mass is 10.1. The average molecular weight is 248 g/mol. The van der Waals surface area contributed by atoms with Gasteiger partial charge in [0.1, 0.15) is 0 Å². The molecule has 0 N–H and O–H groups in total. The molecule has 1 rings (SSSR count). The Morgan fingerprint density at radius 3 is 2.56 bits per heavy atom. The summed E-state index contributed by atoms with van der Waals surface area (Å²) in [5, 5.41) is 0. The van der Waals surface area contributed by atoms with Crippen molar-refractivity contribution in [3.63, 3.8) is 0 Å². The van der Waals surface area contributed by atoms with Gasteiger partial charge in [0.25, 0.3) is 0 Å². The smallest absolute Gasteiger partial charge is 0.0589 e. The summed E-state index contributed by atoms with van der Waals surface area (Å²) >= 11 is 5.69. The summed E-state index contributed by atoms with van der Waals surface area (Å²) in [5.74, 6) is 1.75. The fraction of sp³-hybridized carbons (Fsp3) is 1.00. The molecule has 0 spiro atoms. The monoisotopic (exact) mass is 247 g/mol. The molecule has 0 amide bonds. The van der Waals surface area contributed by atoms with Crippen LogP contribution in [0.2, 0.25) is 0 Å². The molecule has 1 atom stereocenters. The van der Waals surface area contributed by atoms with Gasteiger partial charge in [-0.3, -0.25) is 4.90 Å². The number of halogens is 1. The SMILES string of the molecule is COCCN(CCCCCCl)C(C)C1CC1. The van der Waals surface area contributed by atoms with Crippen LogP contribution in [0.3, 0.4) is 0 Å². The molecule has 0 aromatic carbocycles. The van der Waals surface area contributed by atoms with Crippen molar-refractivity contribution in [2.75, 3.05) is 32.7 Å². The number of rotatable bonds is 10. The molecule has 1 aliphatic carbocycles. The number of alkyl halides is 1. The van der Waals surface area contributed by atoms with Gasteiger partial charge in [0, 0.05) is 25.6 Å². The largest absolute Gasteiger partial charge is 0.383 e. The third kappa shape index (κ3) is 5.51. The summed E-state index contributed by atoms with van der Waals surface area (Å²) in [6.07, 6.45) is 6.52. The Hall–Kier alpha value is 0.210. The second-order valence-electron chi connectivity index (χ2n) is 4.86. The Balaban J connectivity index is 2.19. The third-order valence-electron chi connectivity index (χ3n) is 3.54. The zero-order chi connectivity index (χ0) is 11.8. The van der Waals surface area contributed by atoms with Crippen LogP contribution in [0.15, 0.2) is 0 Å². The Bertz CT molecular complexity index is 173. The second kappa shape index (κ2) is 8.32. The highest BCUT2D eigenvalue weighted by atomic mass is 35.5. The predicted octanol–water partition coefficient (Wildman–Crippen LogP) is 3.14. The summed E-state index contributed by atoms with van der Waals surface area (Å²) in [5.41, 5.74) is 0. The molecule has 0 aromatic rings. The summed E-state index contributed by atoms with van der Waals surface area (Å²) in [4.78, 5) is 2.59. The van der Waals surface area contributed by atoms with Crippen LogP contribution in [0.25, 0.3) is 0 Å². The van der Waals surface area contributed by atoms with Crippen molar-refractivity contribution in [1.29, 1.82) is 0 Å². The molecular formula is C13H26ClNO. The zero-order valence-corrected chi connectivity index (χ0v) is 11.5. The first-order valence-electron chi connectivity index (χ1n) is 6.58. The Kier molecular flexibility index (Phi) is 7.42. The topological polar surface area (TPSA) is 12.5 Å². The minimum atomic E-state index is 0.742. The van der Waals surface area contributed by atoms with Gasteiger partial charge >= 0.3 is 0 Å². The van der Waals surface area contributed by atoms with E-state index in [-0.39, 0.29) is 0 Å². The standard InChI is InChI=1S/C13H26ClNO/c1-12(13-6-7-13)15(10-11-16-2)9-5-3-4-8-14/h12-13H,3-11H2,1-2H3. The Morgan fingerprint density at radius 1 is 1.25 bits per heavy atom. The van der Waals surface area contributed by atoms with Crippen molar-refractivity contribution in [2.24, 2.45) is 5.92 Å². The highest BCUT2D eigenvalue weighted by Gasteiger charge is 2.31. The van der Waals surface area contributed by atoms with E-state index < -0.39 is 0 Å². The molecule has 0 saturated heterocycles. The second-order valence-corrected chi connectivity index (χ2v) is 5.23. The molecule has 2 nitrogen and oxygen atoms in total. The van der Waals surface area contributed by atoms with E-state index >= 15 is 0 Å². The van der Waals surface area contributed by atoms with Gasteiger partial charge in [0.2, 0.25) is 0 Å². The average Bonchev–Trinajstić information content (AvgIpc) is 3.11. The third-order valence-corrected chi connectivity index (χ3v) is 3.81. The van der Waals surface area contributed by atoms with Gasteiger partial charge in [-0.1, -0.05) is 6.42 Å². The molecule has 0 heterocycles. The van der Waals surface area contributed by atoms with E-state index in [9.17, 15) is 0 Å². The molecule has 0 bridgehead atoms. The van der Waals surface area contributed by atoms with Crippen LogP contribution in [0.5, 0.6) is 0 Å². The van der Waals surface area contributed by atoms with Crippen molar-refractivity contribution in [2.45, 2.75) is 45.1 Å². The van der Waals surface area contributed by atoms with Crippen LogP contribution in [0, 0.1) is 5.92 Å². The van der Waals surface area contributed by atoms with E-state index in [1.165, 1.54) is 32.2 Å². The maximum Gasteiger partial charge on any atom is 0.0589 e. The van der Waals surface area contributed by atoms with Gasteiger partial charge in [0.15, 0.2) is 0 Å². The molecule has 96 valence electrons. The van der Waals surface area contributed by atoms with E-state index in [4.69, 9.17) is 16.3 Å². The van der Waals surface area contributed by atoms with Crippen molar-refractivity contribution in [3.8, 4) is 0 Å². The van der Waals surface area contributed by atoms with Crippen molar-refractivity contribution in [3.05, 3.63) is 0 Å². The van der Waals surface area contributed by atoms with Crippen LogP contribution < -0.4 is 0 Å². The minimum Gasteiger partial charge on any atom is -0.383 e. The van der Waals surface area contributed by atoms with Gasteiger partial charge in [-0.2, -0.15) is 0 Å². The summed E-state index contributed by atoms with van der Waals surface area (Å²) in [6.45, 7) is 5.51. The first kappa shape index (κ1) is 14.3. The van der Waals surface area contributed by atoms with Crippen molar-refractivity contribution >= 4 is 11.6 Å². The highest BCUT2D eigenvalue weighted by molar-refractivity contribution is 6.17. The lowest BCUT2D eigenvalue weighted by Gasteiger charge is -2.29. The van der Waals surface area contributed by atoms with E-state index in [0.717, 1.165) is 37.4 Å². The molecule has 1 saturated carbocycles. The number of ether oxygens (including phenoxy) is 1. The lowest BCUT2D eigenvalue weighted by molar-refractivity contribution is 0.115. The summed E-state index contributed by atoms with van der Waals surface area (Å²) < 4.78 is 5.19. The lowest BCUT2D eigenvalue weighted by Crippen LogP contribution is -2.37. The Morgan fingerprint density at radius 2 is 2.00 bits per heavy atom. The number of unbranched alkanes of at least 4 members (excludes halogenated alkanes) is 2. The fourth-order valence-corrected chi connectivity index (χ4v) is 2.38. The molecule has 0 radical (unpaired) electrons. The van der Waals surface area contributed by atoms with E-state index in [1.807, 2.05) is 0 Å². The predicted molar refractivity (Wildman–Crippen MR) is 70.2 cm³/mol. The molecule has 1 unspecified atom stereocenters. The van der Waals surface area contributed by atoms with E-state index in [2.05, 4.69) is 11.8 Å². The van der Waals surface area contributed by atoms with E-state index in [0.29, 0.717) is 0 Å². The molecule has 1 fully saturated rings.